The van der Waals surface area contributed by atoms with E-state index in [1.807, 2.05) is 4.90 Å². The lowest BCUT2D eigenvalue weighted by atomic mass is 10.1. The molecule has 21 heavy (non-hydrogen) atoms. The summed E-state index contributed by atoms with van der Waals surface area (Å²) in [6.07, 6.45) is -2.57. The molecule has 0 saturated carbocycles. The fourth-order valence-corrected chi connectivity index (χ4v) is 2.63. The minimum atomic E-state index is -4.31. The summed E-state index contributed by atoms with van der Waals surface area (Å²) >= 11 is 0. The van der Waals surface area contributed by atoms with Crippen LogP contribution in [-0.4, -0.2) is 42.4 Å². The molecule has 0 radical (unpaired) electrons. The van der Waals surface area contributed by atoms with Crippen LogP contribution in [-0.2, 0) is 17.5 Å². The Bertz CT molecular complexity index is 497. The molecule has 0 unspecified atom stereocenters. The third-order valence-electron chi connectivity index (χ3n) is 3.76. The molecule has 2 rings (SSSR count). The van der Waals surface area contributed by atoms with Gasteiger partial charge in [-0.1, -0.05) is 12.1 Å². The molecule has 0 aromatic heterocycles. The first-order chi connectivity index (χ1) is 9.79. The van der Waals surface area contributed by atoms with Crippen LogP contribution in [0.25, 0.3) is 0 Å². The normalized spacial score (nSPS) is 19.8. The van der Waals surface area contributed by atoms with Crippen molar-refractivity contribution in [3.63, 3.8) is 0 Å². The van der Waals surface area contributed by atoms with Gasteiger partial charge in [0.1, 0.15) is 0 Å². The van der Waals surface area contributed by atoms with Gasteiger partial charge in [0.15, 0.2) is 0 Å². The number of halogens is 3. The van der Waals surface area contributed by atoms with Crippen LogP contribution in [0, 0.1) is 0 Å². The maximum Gasteiger partial charge on any atom is 0.416 e. The van der Waals surface area contributed by atoms with E-state index in [1.165, 1.54) is 12.1 Å². The first-order valence-electron chi connectivity index (χ1n) is 6.90. The van der Waals surface area contributed by atoms with E-state index in [0.29, 0.717) is 6.54 Å². The average Bonchev–Trinajstić information content (AvgIpc) is 2.85. The summed E-state index contributed by atoms with van der Waals surface area (Å²) in [5.74, 6) is 0.0550. The number of carbonyl (C=O) groups is 1. The fourth-order valence-electron chi connectivity index (χ4n) is 2.63. The van der Waals surface area contributed by atoms with E-state index >= 15 is 0 Å². The van der Waals surface area contributed by atoms with Crippen LogP contribution in [0.1, 0.15) is 24.0 Å². The highest BCUT2D eigenvalue weighted by atomic mass is 19.4. The van der Waals surface area contributed by atoms with Crippen molar-refractivity contribution in [3.8, 4) is 0 Å². The van der Waals surface area contributed by atoms with Crippen LogP contribution in [0.4, 0.5) is 13.2 Å². The van der Waals surface area contributed by atoms with Gasteiger partial charge in [-0.25, -0.2) is 0 Å². The zero-order chi connectivity index (χ0) is 15.6. The summed E-state index contributed by atoms with van der Waals surface area (Å²) in [4.78, 5) is 15.7. The maximum absolute atomic E-state index is 12.5. The van der Waals surface area contributed by atoms with Crippen LogP contribution in [0.5, 0.6) is 0 Å². The van der Waals surface area contributed by atoms with E-state index < -0.39 is 11.7 Å². The largest absolute Gasteiger partial charge is 0.416 e. The van der Waals surface area contributed by atoms with Gasteiger partial charge in [-0.15, -0.1) is 0 Å². The highest BCUT2D eigenvalue weighted by Crippen LogP contribution is 2.29. The Morgan fingerprint density at radius 2 is 1.90 bits per heavy atom. The first kappa shape index (κ1) is 15.8. The monoisotopic (exact) mass is 300 g/mol. The van der Waals surface area contributed by atoms with Gasteiger partial charge < -0.3 is 4.90 Å². The molecule has 0 bridgehead atoms. The molecule has 1 heterocycles. The molecular weight excluding hydrogens is 281 g/mol. The molecule has 1 aromatic carbocycles. The lowest BCUT2D eigenvalue weighted by Crippen LogP contribution is -2.42. The highest BCUT2D eigenvalue weighted by molar-refractivity contribution is 5.81. The van der Waals surface area contributed by atoms with Crippen molar-refractivity contribution in [2.45, 2.75) is 31.6 Å². The lowest BCUT2D eigenvalue weighted by Gasteiger charge is -2.26. The van der Waals surface area contributed by atoms with E-state index in [4.69, 9.17) is 0 Å². The van der Waals surface area contributed by atoms with Crippen molar-refractivity contribution < 1.29 is 18.0 Å². The molecule has 1 aromatic rings. The maximum atomic E-state index is 12.5. The molecule has 116 valence electrons. The summed E-state index contributed by atoms with van der Waals surface area (Å²) in [6, 6.07) is 4.99. The van der Waals surface area contributed by atoms with Crippen molar-refractivity contribution in [3.05, 3.63) is 35.4 Å². The van der Waals surface area contributed by atoms with E-state index in [1.54, 1.807) is 19.0 Å². The standard InChI is InChI=1S/C15H19F3N2O/c1-19(2)14(21)13-4-3-9-20(13)10-11-5-7-12(8-6-11)15(16,17)18/h5-8,13H,3-4,9-10H2,1-2H3/t13-/m0/s1. The Morgan fingerprint density at radius 1 is 1.29 bits per heavy atom. The molecule has 3 nitrogen and oxygen atoms in total. The second-order valence-electron chi connectivity index (χ2n) is 5.56. The SMILES string of the molecule is CN(C)C(=O)[C@@H]1CCCN1Cc1ccc(C(F)(F)F)cc1. The number of benzene rings is 1. The first-order valence-corrected chi connectivity index (χ1v) is 6.90. The summed E-state index contributed by atoms with van der Waals surface area (Å²) in [5.41, 5.74) is 0.148. The Hall–Kier alpha value is -1.56. The number of nitrogens with zero attached hydrogens (tertiary/aromatic N) is 2. The minimum Gasteiger partial charge on any atom is -0.347 e. The number of likely N-dealkylation sites (tertiary alicyclic amines) is 1. The molecular formula is C15H19F3N2O. The fraction of sp³-hybridized carbons (Fsp3) is 0.533. The van der Waals surface area contributed by atoms with E-state index in [-0.39, 0.29) is 11.9 Å². The molecule has 1 aliphatic heterocycles. The van der Waals surface area contributed by atoms with Gasteiger partial charge in [0.05, 0.1) is 11.6 Å². The van der Waals surface area contributed by atoms with Crippen LogP contribution in [0.15, 0.2) is 24.3 Å². The van der Waals surface area contributed by atoms with Crippen molar-refractivity contribution in [2.24, 2.45) is 0 Å². The van der Waals surface area contributed by atoms with Crippen LogP contribution >= 0.6 is 0 Å². The van der Waals surface area contributed by atoms with Gasteiger partial charge in [0.2, 0.25) is 5.91 Å². The second-order valence-corrected chi connectivity index (χ2v) is 5.56. The van der Waals surface area contributed by atoms with Gasteiger partial charge in [-0.3, -0.25) is 9.69 Å². The number of hydrogen-bond donors (Lipinski definition) is 0. The number of amides is 1. The molecule has 1 atom stereocenters. The van der Waals surface area contributed by atoms with Crippen molar-refractivity contribution >= 4 is 5.91 Å². The third-order valence-corrected chi connectivity index (χ3v) is 3.76. The zero-order valence-electron chi connectivity index (χ0n) is 12.2. The Balaban J connectivity index is 2.05. The number of alkyl halides is 3. The second kappa shape index (κ2) is 6.05. The van der Waals surface area contributed by atoms with Crippen LogP contribution in [0.2, 0.25) is 0 Å². The smallest absolute Gasteiger partial charge is 0.347 e. The Morgan fingerprint density at radius 3 is 2.43 bits per heavy atom. The number of carbonyl (C=O) groups excluding carboxylic acids is 1. The van der Waals surface area contributed by atoms with Crippen LogP contribution < -0.4 is 0 Å². The Labute approximate surface area is 122 Å². The summed E-state index contributed by atoms with van der Waals surface area (Å²) in [6.45, 7) is 1.30. The van der Waals surface area contributed by atoms with Gasteiger partial charge in [0, 0.05) is 20.6 Å². The molecule has 0 N–H and O–H groups in total. The summed E-state index contributed by atoms with van der Waals surface area (Å²) < 4.78 is 37.6. The molecule has 1 saturated heterocycles. The van der Waals surface area contributed by atoms with Crippen molar-refractivity contribution in [1.82, 2.24) is 9.80 Å². The number of likely N-dealkylation sites (N-methyl/N-ethyl adjacent to an activating group) is 1. The molecule has 1 fully saturated rings. The van der Waals surface area contributed by atoms with Crippen molar-refractivity contribution in [1.29, 1.82) is 0 Å². The quantitative estimate of drug-likeness (QED) is 0.857. The van der Waals surface area contributed by atoms with Gasteiger partial charge >= 0.3 is 6.18 Å². The average molecular weight is 300 g/mol. The summed E-state index contributed by atoms with van der Waals surface area (Å²) in [7, 11) is 3.44. The van der Waals surface area contributed by atoms with Crippen LogP contribution in [0.3, 0.4) is 0 Å². The summed E-state index contributed by atoms with van der Waals surface area (Å²) in [5, 5.41) is 0. The minimum absolute atomic E-state index is 0.0550. The van der Waals surface area contributed by atoms with E-state index in [9.17, 15) is 18.0 Å². The molecule has 1 aliphatic rings. The Kier molecular flexibility index (Phi) is 4.56. The zero-order valence-corrected chi connectivity index (χ0v) is 12.2. The number of hydrogen-bond acceptors (Lipinski definition) is 2. The predicted molar refractivity (Wildman–Crippen MR) is 73.6 cm³/mol. The third kappa shape index (κ3) is 3.75. The molecule has 0 aliphatic carbocycles. The van der Waals surface area contributed by atoms with Gasteiger partial charge in [-0.05, 0) is 37.1 Å². The van der Waals surface area contributed by atoms with E-state index in [2.05, 4.69) is 0 Å². The highest BCUT2D eigenvalue weighted by Gasteiger charge is 2.32. The number of rotatable bonds is 3. The van der Waals surface area contributed by atoms with Gasteiger partial charge in [0.25, 0.3) is 0 Å². The van der Waals surface area contributed by atoms with E-state index in [0.717, 1.165) is 37.1 Å². The van der Waals surface area contributed by atoms with Crippen molar-refractivity contribution in [2.75, 3.05) is 20.6 Å². The predicted octanol–water partition coefficient (Wildman–Crippen LogP) is 2.76. The molecule has 0 spiro atoms. The lowest BCUT2D eigenvalue weighted by molar-refractivity contribution is -0.137. The molecule has 1 amide bonds. The van der Waals surface area contributed by atoms with Gasteiger partial charge in [-0.2, -0.15) is 13.2 Å². The topological polar surface area (TPSA) is 23.6 Å². The molecule has 6 heteroatoms.